The lowest BCUT2D eigenvalue weighted by molar-refractivity contribution is -0.133. The fraction of sp³-hybridized carbons (Fsp3) is 0.286. The van der Waals surface area contributed by atoms with Crippen molar-refractivity contribution >= 4 is 11.6 Å². The van der Waals surface area contributed by atoms with E-state index in [1.54, 1.807) is 12.1 Å². The van der Waals surface area contributed by atoms with Crippen LogP contribution in [0.3, 0.4) is 0 Å². The van der Waals surface area contributed by atoms with Crippen LogP contribution in [0.25, 0.3) is 11.5 Å². The lowest BCUT2D eigenvalue weighted by Crippen LogP contribution is -2.42. The summed E-state index contributed by atoms with van der Waals surface area (Å²) in [7, 11) is 0. The van der Waals surface area contributed by atoms with Crippen molar-refractivity contribution in [1.82, 2.24) is 14.7 Å². The molecule has 3 heterocycles. The first-order chi connectivity index (χ1) is 13.6. The molecule has 28 heavy (non-hydrogen) atoms. The van der Waals surface area contributed by atoms with Crippen LogP contribution in [0.2, 0.25) is 0 Å². The molecule has 1 aliphatic rings. The first-order valence-corrected chi connectivity index (χ1v) is 9.36. The number of benzene rings is 1. The predicted molar refractivity (Wildman–Crippen MR) is 106 cm³/mol. The number of likely N-dealkylation sites (tertiary alicyclic amines) is 1. The highest BCUT2D eigenvalue weighted by Gasteiger charge is 2.25. The van der Waals surface area contributed by atoms with Crippen molar-refractivity contribution in [3.63, 3.8) is 0 Å². The standard InChI is InChI=1S/C21H22N4O3/c22-17-12-18(19-9-5-11-28-19)23-25(21(17)27)14-20(26)24-10-4-8-16(13-24)15-6-2-1-3-7-15/h1-3,5-7,9,11-12,16H,4,8,10,13-14,22H2/t16-/m0/s1. The van der Waals surface area contributed by atoms with Crippen molar-refractivity contribution in [3.05, 3.63) is 70.7 Å². The lowest BCUT2D eigenvalue weighted by atomic mass is 9.90. The maximum atomic E-state index is 12.9. The number of piperidine rings is 1. The Labute approximate surface area is 162 Å². The quantitative estimate of drug-likeness (QED) is 0.753. The molecule has 0 radical (unpaired) electrons. The number of furan rings is 1. The minimum absolute atomic E-state index is 0.0370. The van der Waals surface area contributed by atoms with E-state index in [0.717, 1.165) is 17.5 Å². The highest BCUT2D eigenvalue weighted by molar-refractivity contribution is 5.76. The van der Waals surface area contributed by atoms with Crippen LogP contribution in [0.15, 0.2) is 64.0 Å². The van der Waals surface area contributed by atoms with Crippen LogP contribution in [0.4, 0.5) is 5.69 Å². The summed E-state index contributed by atoms with van der Waals surface area (Å²) in [6, 6.07) is 15.1. The monoisotopic (exact) mass is 378 g/mol. The summed E-state index contributed by atoms with van der Waals surface area (Å²) < 4.78 is 6.45. The van der Waals surface area contributed by atoms with Crippen molar-refractivity contribution in [2.75, 3.05) is 18.8 Å². The van der Waals surface area contributed by atoms with Crippen LogP contribution in [-0.4, -0.2) is 33.7 Å². The van der Waals surface area contributed by atoms with E-state index in [2.05, 4.69) is 17.2 Å². The Hall–Kier alpha value is -3.35. The van der Waals surface area contributed by atoms with E-state index in [1.807, 2.05) is 23.1 Å². The van der Waals surface area contributed by atoms with Gasteiger partial charge >= 0.3 is 0 Å². The summed E-state index contributed by atoms with van der Waals surface area (Å²) in [5.41, 5.74) is 7.07. The van der Waals surface area contributed by atoms with Gasteiger partial charge in [0.1, 0.15) is 17.9 Å². The second kappa shape index (κ2) is 7.72. The molecule has 4 rings (SSSR count). The van der Waals surface area contributed by atoms with Gasteiger partial charge in [-0.2, -0.15) is 5.10 Å². The molecule has 0 bridgehead atoms. The number of rotatable bonds is 4. The molecule has 1 saturated heterocycles. The molecule has 0 aliphatic carbocycles. The molecule has 2 aromatic heterocycles. The summed E-state index contributed by atoms with van der Waals surface area (Å²) in [6.07, 6.45) is 3.50. The van der Waals surface area contributed by atoms with Gasteiger partial charge in [0.15, 0.2) is 5.76 Å². The highest BCUT2D eigenvalue weighted by Crippen LogP contribution is 2.26. The van der Waals surface area contributed by atoms with Gasteiger partial charge in [0.2, 0.25) is 5.91 Å². The smallest absolute Gasteiger partial charge is 0.290 e. The predicted octanol–water partition coefficient (Wildman–Crippen LogP) is 2.49. The molecule has 1 amide bonds. The van der Waals surface area contributed by atoms with Crippen molar-refractivity contribution in [3.8, 4) is 11.5 Å². The first kappa shape index (κ1) is 18.0. The molecule has 2 N–H and O–H groups in total. The number of hydrogen-bond donors (Lipinski definition) is 1. The molecule has 1 aliphatic heterocycles. The van der Waals surface area contributed by atoms with Crippen LogP contribution in [0.1, 0.15) is 24.3 Å². The molecule has 7 nitrogen and oxygen atoms in total. The van der Waals surface area contributed by atoms with Gasteiger partial charge in [-0.25, -0.2) is 4.68 Å². The summed E-state index contributed by atoms with van der Waals surface area (Å²) in [5.74, 6) is 0.671. The number of anilines is 1. The van der Waals surface area contributed by atoms with Crippen molar-refractivity contribution in [1.29, 1.82) is 0 Å². The minimum atomic E-state index is -0.472. The average Bonchev–Trinajstić information content (AvgIpc) is 3.27. The van der Waals surface area contributed by atoms with E-state index >= 15 is 0 Å². The van der Waals surface area contributed by atoms with Crippen molar-refractivity contribution in [2.24, 2.45) is 0 Å². The molecule has 1 fully saturated rings. The van der Waals surface area contributed by atoms with E-state index in [4.69, 9.17) is 10.2 Å². The molecule has 0 unspecified atom stereocenters. The van der Waals surface area contributed by atoms with Gasteiger partial charge < -0.3 is 15.1 Å². The molecule has 144 valence electrons. The maximum Gasteiger partial charge on any atom is 0.290 e. The summed E-state index contributed by atoms with van der Waals surface area (Å²) in [5, 5.41) is 4.27. The van der Waals surface area contributed by atoms with Gasteiger partial charge in [0.25, 0.3) is 5.56 Å². The second-order valence-corrected chi connectivity index (χ2v) is 7.01. The van der Waals surface area contributed by atoms with Crippen LogP contribution in [-0.2, 0) is 11.3 Å². The SMILES string of the molecule is Nc1cc(-c2ccco2)nn(CC(=O)N2CCC[C@H](c3ccccc3)C2)c1=O. The molecule has 7 heteroatoms. The van der Waals surface area contributed by atoms with E-state index in [-0.39, 0.29) is 18.1 Å². The minimum Gasteiger partial charge on any atom is -0.463 e. The van der Waals surface area contributed by atoms with E-state index in [0.29, 0.717) is 30.5 Å². The lowest BCUT2D eigenvalue weighted by Gasteiger charge is -2.33. The van der Waals surface area contributed by atoms with Crippen molar-refractivity contribution in [2.45, 2.75) is 25.3 Å². The van der Waals surface area contributed by atoms with E-state index in [1.165, 1.54) is 17.9 Å². The third-order valence-corrected chi connectivity index (χ3v) is 5.11. The number of aromatic nitrogens is 2. The van der Waals surface area contributed by atoms with Crippen LogP contribution < -0.4 is 11.3 Å². The number of carbonyl (C=O) groups excluding carboxylic acids is 1. The Bertz CT molecular complexity index is 1010. The van der Waals surface area contributed by atoms with Crippen molar-refractivity contribution < 1.29 is 9.21 Å². The maximum absolute atomic E-state index is 12.9. The van der Waals surface area contributed by atoms with Gasteiger partial charge in [0, 0.05) is 19.0 Å². The molecule has 0 saturated carbocycles. The summed E-state index contributed by atoms with van der Waals surface area (Å²) in [6.45, 7) is 1.19. The number of carbonyl (C=O) groups is 1. The normalized spacial score (nSPS) is 16.9. The molecule has 1 aromatic carbocycles. The second-order valence-electron chi connectivity index (χ2n) is 7.01. The number of hydrogen-bond acceptors (Lipinski definition) is 5. The number of nitrogen functional groups attached to an aromatic ring is 1. The van der Waals surface area contributed by atoms with Crippen LogP contribution >= 0.6 is 0 Å². The van der Waals surface area contributed by atoms with Gasteiger partial charge in [0.05, 0.1) is 6.26 Å². The molecule has 1 atom stereocenters. The third kappa shape index (κ3) is 3.69. The molecular formula is C21H22N4O3. The Balaban J connectivity index is 1.52. The van der Waals surface area contributed by atoms with Gasteiger partial charge in [-0.1, -0.05) is 30.3 Å². The highest BCUT2D eigenvalue weighted by atomic mass is 16.3. The number of amides is 1. The zero-order chi connectivity index (χ0) is 19.5. The third-order valence-electron chi connectivity index (χ3n) is 5.11. The summed E-state index contributed by atoms with van der Waals surface area (Å²) >= 11 is 0. The fourth-order valence-electron chi connectivity index (χ4n) is 3.64. The Morgan fingerprint density at radius 2 is 2.04 bits per heavy atom. The Morgan fingerprint density at radius 1 is 1.21 bits per heavy atom. The summed E-state index contributed by atoms with van der Waals surface area (Å²) in [4.78, 5) is 27.0. The Kier molecular flexibility index (Phi) is 4.97. The molecular weight excluding hydrogens is 356 g/mol. The largest absolute Gasteiger partial charge is 0.463 e. The zero-order valence-corrected chi connectivity index (χ0v) is 15.5. The zero-order valence-electron chi connectivity index (χ0n) is 15.5. The van der Waals surface area contributed by atoms with E-state index in [9.17, 15) is 9.59 Å². The Morgan fingerprint density at radius 3 is 2.79 bits per heavy atom. The topological polar surface area (TPSA) is 94.4 Å². The van der Waals surface area contributed by atoms with Crippen LogP contribution in [0, 0.1) is 0 Å². The molecule has 0 spiro atoms. The van der Waals surface area contributed by atoms with Crippen LogP contribution in [0.5, 0.6) is 0 Å². The molecule has 3 aromatic rings. The van der Waals surface area contributed by atoms with Gasteiger partial charge in [-0.3, -0.25) is 9.59 Å². The number of nitrogens with two attached hydrogens (primary N) is 1. The first-order valence-electron chi connectivity index (χ1n) is 9.36. The average molecular weight is 378 g/mol. The fourth-order valence-corrected chi connectivity index (χ4v) is 3.64. The number of nitrogens with zero attached hydrogens (tertiary/aromatic N) is 3. The van der Waals surface area contributed by atoms with Gasteiger partial charge in [-0.05, 0) is 36.6 Å². The van der Waals surface area contributed by atoms with Gasteiger partial charge in [-0.15, -0.1) is 0 Å². The van der Waals surface area contributed by atoms with E-state index < -0.39 is 5.56 Å².